The molecule has 7 heteroatoms. The third-order valence-electron chi connectivity index (χ3n) is 6.12. The van der Waals surface area contributed by atoms with Crippen LogP contribution in [0.1, 0.15) is 50.2 Å². The summed E-state index contributed by atoms with van der Waals surface area (Å²) in [6.45, 7) is 3.92. The van der Waals surface area contributed by atoms with Crippen LogP contribution in [-0.2, 0) is 16.1 Å². The summed E-state index contributed by atoms with van der Waals surface area (Å²) in [6.07, 6.45) is 5.48. The van der Waals surface area contributed by atoms with Gasteiger partial charge in [-0.2, -0.15) is 0 Å². The van der Waals surface area contributed by atoms with Crippen molar-refractivity contribution in [3.63, 3.8) is 0 Å². The van der Waals surface area contributed by atoms with Crippen LogP contribution in [0.4, 0.5) is 0 Å². The number of hydrogen-bond donors (Lipinski definition) is 1. The van der Waals surface area contributed by atoms with Crippen molar-refractivity contribution in [3.05, 3.63) is 58.1 Å². The van der Waals surface area contributed by atoms with E-state index in [-0.39, 0.29) is 24.5 Å². The Morgan fingerprint density at radius 2 is 1.76 bits per heavy atom. The summed E-state index contributed by atoms with van der Waals surface area (Å²) in [6, 6.07) is 12.7. The molecule has 2 aromatic carbocycles. The second-order valence-corrected chi connectivity index (χ2v) is 9.44. The standard InChI is InChI=1S/C26H33BrN2O4/c1-18-15-23(13-14-24(18)27)33-17-25(30)29(16-20-9-11-22(32-3)12-10-20)19(2)26(31)28-21-7-5-4-6-8-21/h9-15,19,21H,4-8,16-17H2,1-3H3,(H,28,31)/t19-/m0/s1. The smallest absolute Gasteiger partial charge is 0.261 e. The van der Waals surface area contributed by atoms with E-state index in [9.17, 15) is 9.59 Å². The zero-order chi connectivity index (χ0) is 23.8. The highest BCUT2D eigenvalue weighted by Crippen LogP contribution is 2.22. The predicted octanol–water partition coefficient (Wildman–Crippen LogP) is 5.01. The Morgan fingerprint density at radius 1 is 1.09 bits per heavy atom. The number of nitrogens with one attached hydrogen (secondary N) is 1. The first-order chi connectivity index (χ1) is 15.9. The van der Waals surface area contributed by atoms with Gasteiger partial charge < -0.3 is 19.7 Å². The molecule has 2 aromatic rings. The summed E-state index contributed by atoms with van der Waals surface area (Å²) in [5.74, 6) is 1.00. The summed E-state index contributed by atoms with van der Waals surface area (Å²) in [4.78, 5) is 27.8. The van der Waals surface area contributed by atoms with E-state index in [2.05, 4.69) is 21.2 Å². The topological polar surface area (TPSA) is 67.9 Å². The van der Waals surface area contributed by atoms with Gasteiger partial charge in [-0.1, -0.05) is 47.3 Å². The first-order valence-electron chi connectivity index (χ1n) is 11.5. The largest absolute Gasteiger partial charge is 0.497 e. The molecule has 0 heterocycles. The van der Waals surface area contributed by atoms with E-state index in [4.69, 9.17) is 9.47 Å². The highest BCUT2D eigenvalue weighted by atomic mass is 79.9. The van der Waals surface area contributed by atoms with E-state index >= 15 is 0 Å². The summed E-state index contributed by atoms with van der Waals surface area (Å²) < 4.78 is 12.0. The molecule has 0 aliphatic heterocycles. The maximum atomic E-state index is 13.2. The number of benzene rings is 2. The van der Waals surface area contributed by atoms with E-state index in [1.807, 2.05) is 49.4 Å². The van der Waals surface area contributed by atoms with E-state index in [0.29, 0.717) is 12.3 Å². The highest BCUT2D eigenvalue weighted by Gasteiger charge is 2.28. The number of aryl methyl sites for hydroxylation is 1. The minimum Gasteiger partial charge on any atom is -0.497 e. The molecule has 6 nitrogen and oxygen atoms in total. The molecule has 0 unspecified atom stereocenters. The minimum absolute atomic E-state index is 0.122. The van der Waals surface area contributed by atoms with Gasteiger partial charge in [0.1, 0.15) is 17.5 Å². The maximum absolute atomic E-state index is 13.2. The van der Waals surface area contributed by atoms with Gasteiger partial charge in [0.15, 0.2) is 6.61 Å². The number of ether oxygens (including phenoxy) is 2. The highest BCUT2D eigenvalue weighted by molar-refractivity contribution is 9.10. The van der Waals surface area contributed by atoms with Gasteiger partial charge in [-0.25, -0.2) is 0 Å². The number of carbonyl (C=O) groups is 2. The fourth-order valence-corrected chi connectivity index (χ4v) is 4.26. The van der Waals surface area contributed by atoms with Gasteiger partial charge in [-0.05, 0) is 68.1 Å². The normalized spacial score (nSPS) is 14.9. The van der Waals surface area contributed by atoms with E-state index in [0.717, 1.165) is 47.0 Å². The van der Waals surface area contributed by atoms with Gasteiger partial charge in [0.05, 0.1) is 7.11 Å². The lowest BCUT2D eigenvalue weighted by atomic mass is 9.95. The van der Waals surface area contributed by atoms with Crippen molar-refractivity contribution >= 4 is 27.7 Å². The summed E-state index contributed by atoms with van der Waals surface area (Å²) in [7, 11) is 1.61. The van der Waals surface area contributed by atoms with Crippen LogP contribution in [0, 0.1) is 6.92 Å². The van der Waals surface area contributed by atoms with Crippen molar-refractivity contribution in [2.24, 2.45) is 0 Å². The van der Waals surface area contributed by atoms with E-state index in [1.165, 1.54) is 6.42 Å². The molecule has 2 amide bonds. The van der Waals surface area contributed by atoms with Crippen molar-refractivity contribution in [1.82, 2.24) is 10.2 Å². The van der Waals surface area contributed by atoms with Gasteiger partial charge >= 0.3 is 0 Å². The molecule has 1 saturated carbocycles. The first kappa shape index (κ1) is 25.1. The Balaban J connectivity index is 1.71. The molecule has 0 aromatic heterocycles. The van der Waals surface area contributed by atoms with Crippen LogP contribution in [0.3, 0.4) is 0 Å². The second-order valence-electron chi connectivity index (χ2n) is 8.59. The fraction of sp³-hybridized carbons (Fsp3) is 0.462. The number of carbonyl (C=O) groups excluding carboxylic acids is 2. The third-order valence-corrected chi connectivity index (χ3v) is 7.01. The van der Waals surface area contributed by atoms with Crippen LogP contribution in [0.5, 0.6) is 11.5 Å². The lowest BCUT2D eigenvalue weighted by Gasteiger charge is -2.31. The first-order valence-corrected chi connectivity index (χ1v) is 12.3. The fourth-order valence-electron chi connectivity index (χ4n) is 4.01. The molecule has 1 fully saturated rings. The number of halogens is 1. The third kappa shape index (κ3) is 7.22. The van der Waals surface area contributed by atoms with Crippen LogP contribution >= 0.6 is 15.9 Å². The minimum atomic E-state index is -0.614. The number of rotatable bonds is 9. The molecule has 0 radical (unpaired) electrons. The van der Waals surface area contributed by atoms with Crippen LogP contribution in [0.2, 0.25) is 0 Å². The Kier molecular flexibility index (Phi) is 9.18. The number of nitrogens with zero attached hydrogens (tertiary/aromatic N) is 1. The van der Waals surface area contributed by atoms with E-state index in [1.54, 1.807) is 18.9 Å². The average molecular weight is 517 g/mol. The molecule has 0 spiro atoms. The summed E-state index contributed by atoms with van der Waals surface area (Å²) in [5.41, 5.74) is 1.94. The zero-order valence-corrected chi connectivity index (χ0v) is 21.2. The van der Waals surface area contributed by atoms with Gasteiger partial charge in [0.2, 0.25) is 5.91 Å². The summed E-state index contributed by atoms with van der Waals surface area (Å²) in [5, 5.41) is 3.15. The molecule has 178 valence electrons. The number of amides is 2. The quantitative estimate of drug-likeness (QED) is 0.508. The molecule has 0 saturated heterocycles. The van der Waals surface area contributed by atoms with Crippen molar-refractivity contribution in [2.75, 3.05) is 13.7 Å². The second kappa shape index (κ2) is 12.1. The lowest BCUT2D eigenvalue weighted by molar-refractivity contribution is -0.142. The van der Waals surface area contributed by atoms with Crippen molar-refractivity contribution in [3.8, 4) is 11.5 Å². The molecule has 1 aliphatic rings. The molecule has 33 heavy (non-hydrogen) atoms. The van der Waals surface area contributed by atoms with Gasteiger partial charge in [-0.15, -0.1) is 0 Å². The SMILES string of the molecule is COc1ccc(CN(C(=O)COc2ccc(Br)c(C)c2)[C@@H](C)C(=O)NC2CCCCC2)cc1. The molecule has 1 N–H and O–H groups in total. The van der Waals surface area contributed by atoms with Gasteiger partial charge in [0.25, 0.3) is 5.91 Å². The molecular weight excluding hydrogens is 484 g/mol. The average Bonchev–Trinajstić information content (AvgIpc) is 2.83. The number of methoxy groups -OCH3 is 1. The molecule has 1 atom stereocenters. The summed E-state index contributed by atoms with van der Waals surface area (Å²) >= 11 is 3.47. The number of hydrogen-bond acceptors (Lipinski definition) is 4. The Bertz CT molecular complexity index is 942. The van der Waals surface area contributed by atoms with Crippen molar-refractivity contribution < 1.29 is 19.1 Å². The van der Waals surface area contributed by atoms with E-state index < -0.39 is 6.04 Å². The molecule has 0 bridgehead atoms. The van der Waals surface area contributed by atoms with Crippen LogP contribution < -0.4 is 14.8 Å². The zero-order valence-electron chi connectivity index (χ0n) is 19.6. The van der Waals surface area contributed by atoms with Crippen molar-refractivity contribution in [1.29, 1.82) is 0 Å². The van der Waals surface area contributed by atoms with Gasteiger partial charge in [0, 0.05) is 17.1 Å². The van der Waals surface area contributed by atoms with Gasteiger partial charge in [-0.3, -0.25) is 9.59 Å². The van der Waals surface area contributed by atoms with Crippen LogP contribution in [0.15, 0.2) is 46.9 Å². The Hall–Kier alpha value is -2.54. The maximum Gasteiger partial charge on any atom is 0.261 e. The van der Waals surface area contributed by atoms with Crippen LogP contribution in [-0.4, -0.2) is 42.5 Å². The monoisotopic (exact) mass is 516 g/mol. The molecule has 1 aliphatic carbocycles. The Morgan fingerprint density at radius 3 is 2.39 bits per heavy atom. The van der Waals surface area contributed by atoms with Crippen LogP contribution in [0.25, 0.3) is 0 Å². The Labute approximate surface area is 204 Å². The lowest BCUT2D eigenvalue weighted by Crippen LogP contribution is -2.51. The predicted molar refractivity (Wildman–Crippen MR) is 132 cm³/mol. The molecular formula is C26H33BrN2O4. The van der Waals surface area contributed by atoms with Crippen molar-refractivity contribution in [2.45, 2.75) is 64.6 Å². The molecule has 3 rings (SSSR count).